The van der Waals surface area contributed by atoms with Crippen LogP contribution in [-0.4, -0.2) is 34.9 Å². The molecule has 5 rings (SSSR count). The van der Waals surface area contributed by atoms with Crippen molar-refractivity contribution in [3.8, 4) is 5.75 Å². The number of rotatable bonds is 8. The number of aromatic nitrogens is 1. The van der Waals surface area contributed by atoms with E-state index in [2.05, 4.69) is 18.8 Å². The molecule has 1 aliphatic heterocycles. The Morgan fingerprint density at radius 2 is 1.72 bits per heavy atom. The molecule has 1 saturated heterocycles. The molecule has 1 amide bonds. The number of carbonyl (C=O) groups is 3. The Kier molecular flexibility index (Phi) is 8.45. The van der Waals surface area contributed by atoms with Crippen molar-refractivity contribution < 1.29 is 29.0 Å². The minimum Gasteiger partial charge on any atom is -0.507 e. The van der Waals surface area contributed by atoms with E-state index in [0.29, 0.717) is 29.2 Å². The van der Waals surface area contributed by atoms with Crippen LogP contribution in [0.2, 0.25) is 0 Å². The molecule has 1 aliphatic rings. The summed E-state index contributed by atoms with van der Waals surface area (Å²) in [5, 5.41) is 11.7. The van der Waals surface area contributed by atoms with E-state index in [1.807, 2.05) is 55.5 Å². The largest absolute Gasteiger partial charge is 0.507 e. The number of benzene rings is 3. The highest BCUT2D eigenvalue weighted by atomic mass is 32.1. The molecule has 4 aromatic rings. The zero-order valence-electron chi connectivity index (χ0n) is 24.6. The average molecular weight is 597 g/mol. The molecule has 0 saturated carbocycles. The Hall–Kier alpha value is -4.76. The summed E-state index contributed by atoms with van der Waals surface area (Å²) in [6.07, 6.45) is 0. The number of hydrogen-bond acceptors (Lipinski definition) is 8. The molecule has 0 spiro atoms. The Labute approximate surface area is 254 Å². The minimum atomic E-state index is -0.963. The first-order valence-electron chi connectivity index (χ1n) is 13.8. The third kappa shape index (κ3) is 5.94. The van der Waals surface area contributed by atoms with Crippen LogP contribution in [0.5, 0.6) is 5.75 Å². The van der Waals surface area contributed by atoms with Crippen LogP contribution >= 0.6 is 11.3 Å². The number of Topliss-reactive ketones (excluding diaryl/α,β-unsaturated/α-hetero) is 1. The predicted molar refractivity (Wildman–Crippen MR) is 165 cm³/mol. The first-order chi connectivity index (χ1) is 20.6. The van der Waals surface area contributed by atoms with Gasteiger partial charge < -0.3 is 14.6 Å². The molecule has 8 nitrogen and oxygen atoms in total. The van der Waals surface area contributed by atoms with Gasteiger partial charge in [0, 0.05) is 5.56 Å². The topological polar surface area (TPSA) is 106 Å². The number of aliphatic hydroxyl groups excluding tert-OH is 1. The number of carbonyl (C=O) groups excluding carboxylic acids is 3. The second kappa shape index (κ2) is 12.2. The lowest BCUT2D eigenvalue weighted by atomic mass is 9.93. The number of ether oxygens (including phenoxy) is 2. The molecule has 1 fully saturated rings. The molecular weight excluding hydrogens is 564 g/mol. The smallest absolute Gasteiger partial charge is 0.350 e. The quantitative estimate of drug-likeness (QED) is 0.102. The van der Waals surface area contributed by atoms with Gasteiger partial charge in [-0.1, -0.05) is 79.3 Å². The molecule has 0 aliphatic carbocycles. The van der Waals surface area contributed by atoms with Crippen molar-refractivity contribution in [2.24, 2.45) is 0 Å². The molecule has 220 valence electrons. The van der Waals surface area contributed by atoms with Crippen LogP contribution in [0.3, 0.4) is 0 Å². The van der Waals surface area contributed by atoms with Gasteiger partial charge in [0.1, 0.15) is 23.0 Å². The second-order valence-corrected chi connectivity index (χ2v) is 11.7. The minimum absolute atomic E-state index is 0.0665. The van der Waals surface area contributed by atoms with Crippen LogP contribution < -0.4 is 9.64 Å². The molecule has 0 radical (unpaired) electrons. The van der Waals surface area contributed by atoms with Crippen molar-refractivity contribution in [1.29, 1.82) is 0 Å². The van der Waals surface area contributed by atoms with Gasteiger partial charge in [-0.15, -0.1) is 0 Å². The van der Waals surface area contributed by atoms with Crippen molar-refractivity contribution >= 4 is 39.9 Å². The lowest BCUT2D eigenvalue weighted by Crippen LogP contribution is -2.29. The monoisotopic (exact) mass is 596 g/mol. The molecule has 2 heterocycles. The van der Waals surface area contributed by atoms with Gasteiger partial charge in [-0.2, -0.15) is 0 Å². The van der Waals surface area contributed by atoms with E-state index in [0.717, 1.165) is 28.0 Å². The van der Waals surface area contributed by atoms with Gasteiger partial charge in [0.15, 0.2) is 5.13 Å². The Bertz CT molecular complexity index is 1720. The third-order valence-electron chi connectivity index (χ3n) is 7.34. The Morgan fingerprint density at radius 1 is 1.02 bits per heavy atom. The van der Waals surface area contributed by atoms with E-state index in [9.17, 15) is 19.5 Å². The third-order valence-corrected chi connectivity index (χ3v) is 8.48. The van der Waals surface area contributed by atoms with Gasteiger partial charge in [0.25, 0.3) is 5.78 Å². The normalized spacial score (nSPS) is 16.1. The highest BCUT2D eigenvalue weighted by molar-refractivity contribution is 7.17. The molecule has 0 bridgehead atoms. The fourth-order valence-electron chi connectivity index (χ4n) is 5.01. The Balaban J connectivity index is 1.54. The standard InChI is InChI=1S/C34H32N2O6S/c1-19(2)23-9-11-24(12-10-23)28-27(30(38)32(39)36(28)34-35-21(4)31(43-34)33(40)41-5)29(37)25-13-15-26(16-14-25)42-18-22-8-6-7-20(3)17-22/h6-17,19,28,37H,18H2,1-5H3/b29-27+. The summed E-state index contributed by atoms with van der Waals surface area (Å²) in [6.45, 7) is 8.18. The first-order valence-corrected chi connectivity index (χ1v) is 14.7. The van der Waals surface area contributed by atoms with Gasteiger partial charge in [-0.3, -0.25) is 14.5 Å². The van der Waals surface area contributed by atoms with E-state index >= 15 is 0 Å². The van der Waals surface area contributed by atoms with Crippen molar-refractivity contribution in [3.05, 3.63) is 117 Å². The summed E-state index contributed by atoms with van der Waals surface area (Å²) in [5.74, 6) is -1.72. The average Bonchev–Trinajstić information content (AvgIpc) is 3.51. The number of amides is 1. The van der Waals surface area contributed by atoms with Crippen molar-refractivity contribution in [2.45, 2.75) is 46.3 Å². The highest BCUT2D eigenvalue weighted by Crippen LogP contribution is 2.44. The van der Waals surface area contributed by atoms with E-state index < -0.39 is 23.7 Å². The number of aliphatic hydroxyl groups is 1. The number of esters is 1. The van der Waals surface area contributed by atoms with E-state index in [-0.39, 0.29) is 27.3 Å². The maximum Gasteiger partial charge on any atom is 0.350 e. The molecule has 1 aromatic heterocycles. The van der Waals surface area contributed by atoms with Gasteiger partial charge >= 0.3 is 11.9 Å². The first kappa shape index (κ1) is 29.7. The van der Waals surface area contributed by atoms with E-state index in [1.165, 1.54) is 12.0 Å². The molecular formula is C34H32N2O6S. The SMILES string of the molecule is COC(=O)c1sc(N2C(=O)C(=O)/C(=C(/O)c3ccc(OCc4cccc(C)c4)cc3)C2c2ccc(C(C)C)cc2)nc1C. The second-order valence-electron chi connectivity index (χ2n) is 10.7. The van der Waals surface area contributed by atoms with Crippen LogP contribution in [0.25, 0.3) is 5.76 Å². The maximum absolute atomic E-state index is 13.5. The summed E-state index contributed by atoms with van der Waals surface area (Å²) in [5.41, 5.74) is 4.54. The van der Waals surface area contributed by atoms with E-state index in [4.69, 9.17) is 9.47 Å². The van der Waals surface area contributed by atoms with Crippen LogP contribution in [-0.2, 0) is 20.9 Å². The van der Waals surface area contributed by atoms with Gasteiger partial charge in [-0.25, -0.2) is 9.78 Å². The molecule has 1 unspecified atom stereocenters. The van der Waals surface area contributed by atoms with Gasteiger partial charge in [-0.05, 0) is 60.7 Å². The molecule has 1 N–H and O–H groups in total. The zero-order chi connectivity index (χ0) is 30.8. The fourth-order valence-corrected chi connectivity index (χ4v) is 6.02. The molecule has 3 aromatic carbocycles. The number of hydrogen-bond donors (Lipinski definition) is 1. The number of methoxy groups -OCH3 is 1. The van der Waals surface area contributed by atoms with Gasteiger partial charge in [0.05, 0.1) is 24.4 Å². The summed E-state index contributed by atoms with van der Waals surface area (Å²) in [6, 6.07) is 21.3. The van der Waals surface area contributed by atoms with Crippen molar-refractivity contribution in [3.63, 3.8) is 0 Å². The lowest BCUT2D eigenvalue weighted by molar-refractivity contribution is -0.132. The van der Waals surface area contributed by atoms with Gasteiger partial charge in [0.2, 0.25) is 0 Å². The lowest BCUT2D eigenvalue weighted by Gasteiger charge is -2.23. The summed E-state index contributed by atoms with van der Waals surface area (Å²) in [7, 11) is 1.27. The van der Waals surface area contributed by atoms with E-state index in [1.54, 1.807) is 31.2 Å². The highest BCUT2D eigenvalue weighted by Gasteiger charge is 2.48. The summed E-state index contributed by atoms with van der Waals surface area (Å²) < 4.78 is 10.8. The van der Waals surface area contributed by atoms with Crippen LogP contribution in [0.15, 0.2) is 78.4 Å². The predicted octanol–water partition coefficient (Wildman–Crippen LogP) is 6.88. The van der Waals surface area contributed by atoms with Crippen LogP contribution in [0, 0.1) is 13.8 Å². The van der Waals surface area contributed by atoms with Crippen LogP contribution in [0.4, 0.5) is 5.13 Å². The number of aryl methyl sites for hydroxylation is 2. The molecule has 43 heavy (non-hydrogen) atoms. The summed E-state index contributed by atoms with van der Waals surface area (Å²) in [4.78, 5) is 45.3. The number of nitrogens with zero attached hydrogens (tertiary/aromatic N) is 2. The molecule has 1 atom stereocenters. The zero-order valence-corrected chi connectivity index (χ0v) is 25.4. The fraction of sp³-hybridized carbons (Fsp3) is 0.235. The summed E-state index contributed by atoms with van der Waals surface area (Å²) >= 11 is 0.964. The maximum atomic E-state index is 13.5. The number of ketones is 1. The molecule has 9 heteroatoms. The number of thiazole rings is 1. The van der Waals surface area contributed by atoms with Crippen molar-refractivity contribution in [1.82, 2.24) is 4.98 Å². The Morgan fingerprint density at radius 3 is 2.35 bits per heavy atom. The number of anilines is 1. The van der Waals surface area contributed by atoms with Crippen molar-refractivity contribution in [2.75, 3.05) is 12.0 Å². The van der Waals surface area contributed by atoms with Crippen LogP contribution in [0.1, 0.15) is 69.0 Å².